The van der Waals surface area contributed by atoms with Crippen molar-refractivity contribution in [3.8, 4) is 0 Å². The van der Waals surface area contributed by atoms with E-state index in [9.17, 15) is 4.57 Å². The van der Waals surface area contributed by atoms with E-state index in [-0.39, 0.29) is 5.66 Å². The first-order valence-electron chi connectivity index (χ1n) is 5.13. The van der Waals surface area contributed by atoms with Crippen LogP contribution in [0.2, 0.25) is 0 Å². The summed E-state index contributed by atoms with van der Waals surface area (Å²) in [5, 5.41) is 3.33. The van der Waals surface area contributed by atoms with Crippen LogP contribution in [0.15, 0.2) is 42.5 Å². The first-order chi connectivity index (χ1) is 7.18. The highest BCUT2D eigenvalue weighted by molar-refractivity contribution is 7.54. The highest BCUT2D eigenvalue weighted by atomic mass is 31.1. The third-order valence-corrected chi connectivity index (χ3v) is 4.18. The van der Waals surface area contributed by atoms with E-state index in [0.717, 1.165) is 5.30 Å². The molecule has 0 saturated heterocycles. The lowest BCUT2D eigenvalue weighted by Crippen LogP contribution is -2.01. The van der Waals surface area contributed by atoms with Crippen LogP contribution in [0.5, 0.6) is 0 Å². The average Bonchev–Trinajstić information content (AvgIpc) is 2.27. The Morgan fingerprint density at radius 1 is 1.00 bits per heavy atom. The van der Waals surface area contributed by atoms with Crippen molar-refractivity contribution >= 4 is 23.9 Å². The molecule has 76 valence electrons. The molecule has 1 unspecified atom stereocenters. The summed E-state index contributed by atoms with van der Waals surface area (Å²) in [5.74, 6) is 0. The van der Waals surface area contributed by atoms with E-state index >= 15 is 0 Å². The lowest BCUT2D eigenvalue weighted by atomic mass is 10.1. The van der Waals surface area contributed by atoms with Crippen LogP contribution >= 0.6 is 7.80 Å². The van der Waals surface area contributed by atoms with Crippen LogP contribution in [0.3, 0.4) is 0 Å². The van der Waals surface area contributed by atoms with Gasteiger partial charge in [0.2, 0.25) is 0 Å². The maximum absolute atomic E-state index is 11.9. The van der Waals surface area contributed by atoms with Crippen molar-refractivity contribution in [3.05, 3.63) is 42.5 Å². The molecule has 0 bridgehead atoms. The van der Waals surface area contributed by atoms with Gasteiger partial charge in [-0.25, -0.2) is 0 Å². The van der Waals surface area contributed by atoms with Crippen molar-refractivity contribution in [1.82, 2.24) is 0 Å². The fourth-order valence-corrected chi connectivity index (χ4v) is 2.70. The van der Waals surface area contributed by atoms with Gasteiger partial charge in [-0.1, -0.05) is 28.8 Å². The van der Waals surface area contributed by atoms with E-state index in [2.05, 4.69) is 12.1 Å². The molecule has 2 aromatic carbocycles. The second-order valence-electron chi connectivity index (χ2n) is 3.95. The highest BCUT2D eigenvalue weighted by Crippen LogP contribution is 2.27. The summed E-state index contributed by atoms with van der Waals surface area (Å²) in [6.07, 6.45) is 0. The Labute approximate surface area is 90.9 Å². The topological polar surface area (TPSA) is 17.1 Å². The molecule has 0 saturated carbocycles. The van der Waals surface area contributed by atoms with E-state index < -0.39 is 7.80 Å². The molecule has 0 heterocycles. The third kappa shape index (κ3) is 2.08. The van der Waals surface area contributed by atoms with Gasteiger partial charge in [-0.3, -0.25) is 0 Å². The van der Waals surface area contributed by atoms with Crippen LogP contribution in [-0.4, -0.2) is 5.66 Å². The summed E-state index contributed by atoms with van der Waals surface area (Å²) >= 11 is 0. The fraction of sp³-hybridized carbons (Fsp3) is 0.231. The van der Waals surface area contributed by atoms with Crippen LogP contribution in [0.1, 0.15) is 13.8 Å². The average molecular weight is 217 g/mol. The number of rotatable bonds is 2. The Hall–Kier alpha value is -1.20. The number of fused-ring (bicyclic) bond motifs is 1. The van der Waals surface area contributed by atoms with Crippen LogP contribution in [0.4, 0.5) is 0 Å². The van der Waals surface area contributed by atoms with Crippen molar-refractivity contribution in [2.75, 3.05) is 0 Å². The molecule has 0 aromatic heterocycles. The molecule has 0 aliphatic heterocycles. The summed E-state index contributed by atoms with van der Waals surface area (Å²) in [4.78, 5) is 0. The van der Waals surface area contributed by atoms with E-state index in [1.54, 1.807) is 0 Å². The smallest absolute Gasteiger partial charge is 0.0678 e. The van der Waals surface area contributed by atoms with Gasteiger partial charge in [0.05, 0.1) is 0 Å². The maximum atomic E-state index is 11.9. The van der Waals surface area contributed by atoms with Gasteiger partial charge in [0, 0.05) is 0 Å². The molecule has 1 nitrogen and oxygen atoms in total. The summed E-state index contributed by atoms with van der Waals surface area (Å²) in [7, 11) is -1.26. The predicted octanol–water partition coefficient (Wildman–Crippen LogP) is 3.70. The number of hydrogen-bond donors (Lipinski definition) is 0. The summed E-state index contributed by atoms with van der Waals surface area (Å²) in [6, 6.07) is 14.2. The maximum Gasteiger partial charge on any atom is 0.379 e. The van der Waals surface area contributed by atoms with Crippen LogP contribution < -0.4 is 5.30 Å². The van der Waals surface area contributed by atoms with E-state index in [0.29, 0.717) is 0 Å². The van der Waals surface area contributed by atoms with Gasteiger partial charge in [0.15, 0.2) is 11.0 Å². The lowest BCUT2D eigenvalue weighted by molar-refractivity contribution is 0.588. The molecule has 0 aliphatic carbocycles. The van der Waals surface area contributed by atoms with Gasteiger partial charge in [0.1, 0.15) is 0 Å². The highest BCUT2D eigenvalue weighted by Gasteiger charge is 2.23. The summed E-state index contributed by atoms with van der Waals surface area (Å²) in [6.45, 7) is 3.99. The molecule has 0 aliphatic rings. The molecular formula is C13H14OP+. The normalized spacial score (nSPS) is 12.1. The molecule has 0 fully saturated rings. The minimum absolute atomic E-state index is 0.209. The van der Waals surface area contributed by atoms with Crippen molar-refractivity contribution in [2.24, 2.45) is 0 Å². The predicted molar refractivity (Wildman–Crippen MR) is 66.3 cm³/mol. The lowest BCUT2D eigenvalue weighted by Gasteiger charge is -1.97. The Kier molecular flexibility index (Phi) is 2.83. The SMILES string of the molecule is CC(C)[P+](=O)c1ccc2ccccc2c1. The van der Waals surface area contributed by atoms with Crippen LogP contribution in [-0.2, 0) is 4.57 Å². The molecule has 2 aromatic rings. The Morgan fingerprint density at radius 3 is 2.33 bits per heavy atom. The van der Waals surface area contributed by atoms with Crippen molar-refractivity contribution in [1.29, 1.82) is 0 Å². The minimum Gasteiger partial charge on any atom is -0.0678 e. The minimum atomic E-state index is -1.26. The number of hydrogen-bond acceptors (Lipinski definition) is 1. The quantitative estimate of drug-likeness (QED) is 0.701. The molecule has 15 heavy (non-hydrogen) atoms. The first kappa shape index (κ1) is 10.3. The van der Waals surface area contributed by atoms with Crippen LogP contribution in [0.25, 0.3) is 10.8 Å². The molecule has 2 rings (SSSR count). The molecule has 0 radical (unpaired) electrons. The number of benzene rings is 2. The molecular weight excluding hydrogens is 203 g/mol. The Morgan fingerprint density at radius 2 is 1.67 bits per heavy atom. The zero-order valence-electron chi connectivity index (χ0n) is 8.97. The van der Waals surface area contributed by atoms with Gasteiger partial charge in [-0.15, -0.1) is 0 Å². The van der Waals surface area contributed by atoms with Gasteiger partial charge in [-0.05, 0) is 42.8 Å². The van der Waals surface area contributed by atoms with E-state index in [1.165, 1.54) is 10.8 Å². The standard InChI is InChI=1S/C13H14OP/c1-10(2)15(14)13-8-7-11-5-3-4-6-12(11)9-13/h3-10H,1-2H3/q+1. The van der Waals surface area contributed by atoms with Gasteiger partial charge in [0.25, 0.3) is 0 Å². The van der Waals surface area contributed by atoms with Crippen molar-refractivity contribution in [3.63, 3.8) is 0 Å². The van der Waals surface area contributed by atoms with E-state index in [1.807, 2.05) is 44.2 Å². The summed E-state index contributed by atoms with van der Waals surface area (Å²) < 4.78 is 11.9. The molecule has 0 amide bonds. The molecule has 0 spiro atoms. The van der Waals surface area contributed by atoms with Crippen molar-refractivity contribution < 1.29 is 4.57 Å². The molecule has 2 heteroatoms. The van der Waals surface area contributed by atoms with Crippen LogP contribution in [0, 0.1) is 0 Å². The van der Waals surface area contributed by atoms with Gasteiger partial charge in [-0.2, -0.15) is 0 Å². The second-order valence-corrected chi connectivity index (χ2v) is 6.15. The van der Waals surface area contributed by atoms with Gasteiger partial charge < -0.3 is 0 Å². The second kappa shape index (κ2) is 4.12. The Balaban J connectivity index is 2.52. The fourth-order valence-electron chi connectivity index (χ4n) is 1.61. The molecule has 0 N–H and O–H groups in total. The van der Waals surface area contributed by atoms with Crippen molar-refractivity contribution in [2.45, 2.75) is 19.5 Å². The summed E-state index contributed by atoms with van der Waals surface area (Å²) in [5.41, 5.74) is 0.209. The Bertz CT molecular complexity index is 503. The zero-order valence-corrected chi connectivity index (χ0v) is 9.87. The van der Waals surface area contributed by atoms with E-state index in [4.69, 9.17) is 0 Å². The zero-order chi connectivity index (χ0) is 10.8. The largest absolute Gasteiger partial charge is 0.379 e. The van der Waals surface area contributed by atoms with Gasteiger partial charge >= 0.3 is 7.80 Å². The third-order valence-electron chi connectivity index (χ3n) is 2.46. The monoisotopic (exact) mass is 217 g/mol. The molecule has 1 atom stereocenters. The first-order valence-corrected chi connectivity index (χ1v) is 6.46.